The molecule has 3 nitrogen and oxygen atoms in total. The van der Waals surface area contributed by atoms with E-state index >= 15 is 0 Å². The first-order chi connectivity index (χ1) is 10.0. The predicted molar refractivity (Wildman–Crippen MR) is 131 cm³/mol. The summed E-state index contributed by atoms with van der Waals surface area (Å²) in [6, 6.07) is 0. The van der Waals surface area contributed by atoms with E-state index in [1.165, 1.54) is 58.9 Å². The summed E-state index contributed by atoms with van der Waals surface area (Å²) in [4.78, 5) is 7.12. The fourth-order valence-electron chi connectivity index (χ4n) is 2.01. The Bertz CT molecular complexity index is 119. The minimum atomic E-state index is 0. The molecule has 24 heavy (non-hydrogen) atoms. The van der Waals surface area contributed by atoms with Crippen LogP contribution in [0.3, 0.4) is 0 Å². The van der Waals surface area contributed by atoms with Gasteiger partial charge >= 0.3 is 0 Å². The highest BCUT2D eigenvalue weighted by Crippen LogP contribution is 1.82. The van der Waals surface area contributed by atoms with Crippen molar-refractivity contribution in [2.45, 2.75) is 62.3 Å². The first kappa shape index (κ1) is 40.1. The van der Waals surface area contributed by atoms with Crippen LogP contribution in [0.1, 0.15) is 62.3 Å². The van der Waals surface area contributed by atoms with Crippen molar-refractivity contribution in [2.75, 3.05) is 58.9 Å². The van der Waals surface area contributed by atoms with Crippen molar-refractivity contribution < 1.29 is 0 Å². The van der Waals surface area contributed by atoms with Crippen molar-refractivity contribution in [1.82, 2.24) is 14.7 Å². The number of nitrogens with zero attached hydrogens (tertiary/aromatic N) is 3. The summed E-state index contributed by atoms with van der Waals surface area (Å²) in [6.07, 6.45) is 0. The van der Waals surface area contributed by atoms with Gasteiger partial charge in [0.05, 0.1) is 0 Å². The molecule has 0 rings (SSSR count). The van der Waals surface area contributed by atoms with E-state index in [9.17, 15) is 0 Å². The van der Waals surface area contributed by atoms with E-state index in [4.69, 9.17) is 0 Å². The second kappa shape index (κ2) is 35.4. The molecule has 0 aliphatic rings. The second-order valence-electron chi connectivity index (χ2n) is 4.86. The normalized spacial score (nSPS) is 9.00. The molecule has 0 aliphatic carbocycles. The minimum Gasteiger partial charge on any atom is -0.304 e. The summed E-state index contributed by atoms with van der Waals surface area (Å²) < 4.78 is 0. The molecule has 156 valence electrons. The lowest BCUT2D eigenvalue weighted by Gasteiger charge is -2.13. The summed E-state index contributed by atoms with van der Waals surface area (Å²) in [6.45, 7) is 30.4. The molecule has 0 aromatic rings. The maximum Gasteiger partial charge on any atom is -0.00474 e. The van der Waals surface area contributed by atoms with E-state index in [0.29, 0.717) is 0 Å². The largest absolute Gasteiger partial charge is 0.304 e. The SMILES string of the molecule is Br.Br.Br.CCN(CC)CC.CCN(CC)CC.CCN(CC)CC. The molecule has 0 heterocycles. The van der Waals surface area contributed by atoms with Crippen LogP contribution in [0.15, 0.2) is 0 Å². The van der Waals surface area contributed by atoms with Crippen LogP contribution in [0, 0.1) is 0 Å². The fourth-order valence-corrected chi connectivity index (χ4v) is 2.01. The van der Waals surface area contributed by atoms with Crippen molar-refractivity contribution in [2.24, 2.45) is 0 Å². The summed E-state index contributed by atoms with van der Waals surface area (Å²) in [5.41, 5.74) is 0. The van der Waals surface area contributed by atoms with Crippen molar-refractivity contribution in [3.63, 3.8) is 0 Å². The van der Waals surface area contributed by atoms with E-state index in [1.807, 2.05) is 0 Å². The molecular formula is C18H48Br3N3. The van der Waals surface area contributed by atoms with Gasteiger partial charge in [0.1, 0.15) is 0 Å². The van der Waals surface area contributed by atoms with Gasteiger partial charge in [-0.1, -0.05) is 62.3 Å². The van der Waals surface area contributed by atoms with Gasteiger partial charge in [0, 0.05) is 0 Å². The molecule has 0 spiro atoms. The van der Waals surface area contributed by atoms with E-state index in [1.54, 1.807) is 0 Å². The van der Waals surface area contributed by atoms with Gasteiger partial charge in [0.25, 0.3) is 0 Å². The highest BCUT2D eigenvalue weighted by molar-refractivity contribution is 8.93. The van der Waals surface area contributed by atoms with Crippen molar-refractivity contribution >= 4 is 50.9 Å². The maximum atomic E-state index is 2.38. The Balaban J connectivity index is -0.0000000476. The average molecular weight is 546 g/mol. The fraction of sp³-hybridized carbons (Fsp3) is 1.00. The Morgan fingerprint density at radius 3 is 0.375 bits per heavy atom. The molecule has 6 heteroatoms. The molecule has 0 aliphatic heterocycles. The monoisotopic (exact) mass is 543 g/mol. The first-order valence-corrected chi connectivity index (χ1v) is 9.21. The van der Waals surface area contributed by atoms with Crippen molar-refractivity contribution in [3.8, 4) is 0 Å². The smallest absolute Gasteiger partial charge is 0.00474 e. The van der Waals surface area contributed by atoms with Gasteiger partial charge in [-0.3, -0.25) is 0 Å². The molecule has 0 amide bonds. The highest BCUT2D eigenvalue weighted by atomic mass is 79.9. The Kier molecular flexibility index (Phi) is 59.2. The lowest BCUT2D eigenvalue weighted by molar-refractivity contribution is 0.321. The van der Waals surface area contributed by atoms with Crippen LogP contribution in [0.5, 0.6) is 0 Å². The summed E-state index contributed by atoms with van der Waals surface area (Å²) in [5.74, 6) is 0. The molecule has 0 fully saturated rings. The zero-order valence-corrected chi connectivity index (χ0v) is 23.1. The zero-order valence-electron chi connectivity index (χ0n) is 17.9. The third-order valence-electron chi connectivity index (χ3n) is 4.02. The predicted octanol–water partition coefficient (Wildman–Crippen LogP) is 5.78. The average Bonchev–Trinajstić information content (AvgIpc) is 2.54. The summed E-state index contributed by atoms with van der Waals surface area (Å²) in [5, 5.41) is 0. The quantitative estimate of drug-likeness (QED) is 0.364. The molecule has 0 radical (unpaired) electrons. The lowest BCUT2D eigenvalue weighted by Crippen LogP contribution is -2.21. The molecule has 0 N–H and O–H groups in total. The standard InChI is InChI=1S/3C6H15N.3BrH/c3*1-4-7(5-2)6-3;;;/h3*4-6H2,1-3H3;3*1H. The number of halogens is 3. The lowest BCUT2D eigenvalue weighted by atomic mass is 10.5. The molecule has 0 aromatic heterocycles. The first-order valence-electron chi connectivity index (χ1n) is 9.21. The van der Waals surface area contributed by atoms with E-state index < -0.39 is 0 Å². The van der Waals surface area contributed by atoms with E-state index in [2.05, 4.69) is 77.0 Å². The molecule has 0 unspecified atom stereocenters. The third kappa shape index (κ3) is 31.1. The zero-order chi connectivity index (χ0) is 17.1. The third-order valence-corrected chi connectivity index (χ3v) is 4.02. The maximum absolute atomic E-state index is 2.38. The van der Waals surface area contributed by atoms with Crippen LogP contribution in [0.25, 0.3) is 0 Å². The van der Waals surface area contributed by atoms with Crippen LogP contribution >= 0.6 is 50.9 Å². The number of rotatable bonds is 9. The summed E-state index contributed by atoms with van der Waals surface area (Å²) in [7, 11) is 0. The van der Waals surface area contributed by atoms with Crippen LogP contribution in [-0.4, -0.2) is 73.6 Å². The Labute approximate surface area is 186 Å². The van der Waals surface area contributed by atoms with Gasteiger partial charge in [-0.25, -0.2) is 0 Å². The van der Waals surface area contributed by atoms with Gasteiger partial charge in [-0.2, -0.15) is 0 Å². The number of hydrogen-bond donors (Lipinski definition) is 0. The van der Waals surface area contributed by atoms with Crippen LogP contribution < -0.4 is 0 Å². The molecule has 0 saturated carbocycles. The van der Waals surface area contributed by atoms with Gasteiger partial charge in [0.2, 0.25) is 0 Å². The van der Waals surface area contributed by atoms with Gasteiger partial charge in [0.15, 0.2) is 0 Å². The van der Waals surface area contributed by atoms with E-state index in [0.717, 1.165) is 0 Å². The molecule has 0 saturated heterocycles. The molecule has 0 bridgehead atoms. The van der Waals surface area contributed by atoms with Gasteiger partial charge < -0.3 is 14.7 Å². The topological polar surface area (TPSA) is 9.72 Å². The molecular weight excluding hydrogens is 498 g/mol. The van der Waals surface area contributed by atoms with E-state index in [-0.39, 0.29) is 50.9 Å². The van der Waals surface area contributed by atoms with Crippen molar-refractivity contribution in [1.29, 1.82) is 0 Å². The Morgan fingerprint density at radius 2 is 0.375 bits per heavy atom. The Morgan fingerprint density at radius 1 is 0.292 bits per heavy atom. The number of hydrogen-bond acceptors (Lipinski definition) is 3. The van der Waals surface area contributed by atoms with Crippen molar-refractivity contribution in [3.05, 3.63) is 0 Å². The highest BCUT2D eigenvalue weighted by Gasteiger charge is 1.90. The Hall–Kier alpha value is 1.32. The molecule has 0 aromatic carbocycles. The van der Waals surface area contributed by atoms with Crippen LogP contribution in [-0.2, 0) is 0 Å². The second-order valence-corrected chi connectivity index (χ2v) is 4.86. The van der Waals surface area contributed by atoms with Crippen LogP contribution in [0.4, 0.5) is 0 Å². The van der Waals surface area contributed by atoms with Crippen LogP contribution in [0.2, 0.25) is 0 Å². The molecule has 0 atom stereocenters. The summed E-state index contributed by atoms with van der Waals surface area (Å²) >= 11 is 0. The minimum absolute atomic E-state index is 0. The van der Waals surface area contributed by atoms with Gasteiger partial charge in [-0.05, 0) is 58.9 Å². The van der Waals surface area contributed by atoms with Gasteiger partial charge in [-0.15, -0.1) is 50.9 Å².